The molecular formula is C19H23N5O2S. The average molecular weight is 385 g/mol. The van der Waals surface area contributed by atoms with E-state index in [1.165, 1.54) is 0 Å². The third kappa shape index (κ3) is 3.81. The van der Waals surface area contributed by atoms with Crippen molar-refractivity contribution in [2.75, 3.05) is 37.2 Å². The third-order valence-electron chi connectivity index (χ3n) is 4.56. The molecule has 4 heterocycles. The van der Waals surface area contributed by atoms with E-state index in [0.29, 0.717) is 19.0 Å². The van der Waals surface area contributed by atoms with Gasteiger partial charge >= 0.3 is 0 Å². The Bertz CT molecular complexity index is 1090. The van der Waals surface area contributed by atoms with Gasteiger partial charge in [-0.25, -0.2) is 9.19 Å². The maximum absolute atomic E-state index is 12.3. The smallest absolute Gasteiger partial charge is 0.164 e. The van der Waals surface area contributed by atoms with E-state index in [1.54, 1.807) is 18.7 Å². The molecule has 8 heteroatoms. The standard InChI is InChI=1S/C19H23N5O2S/c1-13-12-26-7-6-24(13)14-8-17(22-19(9-14)23-27(2,3)25)16-10-20-11-18-15(16)4-5-21-18/h4-5,8-11,13,21H,6-7,12H2,1-3H3/t13-/m1/s1. The van der Waals surface area contributed by atoms with E-state index >= 15 is 0 Å². The van der Waals surface area contributed by atoms with Crippen molar-refractivity contribution in [1.29, 1.82) is 0 Å². The maximum atomic E-state index is 12.3. The van der Waals surface area contributed by atoms with Crippen molar-refractivity contribution >= 4 is 32.1 Å². The molecule has 1 aliphatic rings. The molecule has 1 atom stereocenters. The minimum Gasteiger partial charge on any atom is -0.377 e. The Kier molecular flexibility index (Phi) is 4.61. The fraction of sp³-hybridized carbons (Fsp3) is 0.368. The summed E-state index contributed by atoms with van der Waals surface area (Å²) in [7, 11) is -2.32. The van der Waals surface area contributed by atoms with Gasteiger partial charge in [-0.05, 0) is 19.1 Å². The van der Waals surface area contributed by atoms with Gasteiger partial charge < -0.3 is 14.6 Å². The van der Waals surface area contributed by atoms with E-state index in [4.69, 9.17) is 4.74 Å². The lowest BCUT2D eigenvalue weighted by Gasteiger charge is -2.35. The van der Waals surface area contributed by atoms with Gasteiger partial charge in [0, 0.05) is 69.9 Å². The minimum atomic E-state index is -2.32. The molecule has 0 aromatic carbocycles. The summed E-state index contributed by atoms with van der Waals surface area (Å²) in [5.74, 6) is 0.476. The zero-order valence-electron chi connectivity index (χ0n) is 15.7. The number of hydrogen-bond donors (Lipinski definition) is 1. The van der Waals surface area contributed by atoms with Gasteiger partial charge in [-0.15, -0.1) is 0 Å². The van der Waals surface area contributed by atoms with E-state index in [-0.39, 0.29) is 6.04 Å². The van der Waals surface area contributed by atoms with Gasteiger partial charge in [0.25, 0.3) is 0 Å². The Balaban J connectivity index is 1.91. The third-order valence-corrected chi connectivity index (χ3v) is 5.19. The molecule has 0 amide bonds. The van der Waals surface area contributed by atoms with Crippen LogP contribution in [0.15, 0.2) is 41.2 Å². The Morgan fingerprint density at radius 1 is 1.33 bits per heavy atom. The quantitative estimate of drug-likeness (QED) is 0.748. The normalized spacial score (nSPS) is 18.0. The van der Waals surface area contributed by atoms with Gasteiger partial charge in [0.05, 0.1) is 30.6 Å². The second kappa shape index (κ2) is 6.94. The Morgan fingerprint density at radius 3 is 2.96 bits per heavy atom. The zero-order valence-corrected chi connectivity index (χ0v) is 16.5. The molecule has 0 aliphatic carbocycles. The molecule has 27 heavy (non-hydrogen) atoms. The highest BCUT2D eigenvalue weighted by Gasteiger charge is 2.21. The molecule has 7 nitrogen and oxygen atoms in total. The molecule has 0 bridgehead atoms. The summed E-state index contributed by atoms with van der Waals surface area (Å²) in [6, 6.07) is 6.22. The highest BCUT2D eigenvalue weighted by molar-refractivity contribution is 7.92. The van der Waals surface area contributed by atoms with Crippen molar-refractivity contribution in [2.24, 2.45) is 4.36 Å². The lowest BCUT2D eigenvalue weighted by atomic mass is 10.1. The molecule has 1 N–H and O–H groups in total. The summed E-state index contributed by atoms with van der Waals surface area (Å²) < 4.78 is 22.2. The second-order valence-corrected chi connectivity index (χ2v) is 9.63. The molecular weight excluding hydrogens is 362 g/mol. The first kappa shape index (κ1) is 17.9. The number of morpholine rings is 1. The van der Waals surface area contributed by atoms with Crippen LogP contribution in [0.3, 0.4) is 0 Å². The first-order valence-corrected chi connectivity index (χ1v) is 11.2. The van der Waals surface area contributed by atoms with Crippen LogP contribution in [0, 0.1) is 0 Å². The van der Waals surface area contributed by atoms with Crippen molar-refractivity contribution in [3.63, 3.8) is 0 Å². The predicted octanol–water partition coefficient (Wildman–Crippen LogP) is 3.21. The van der Waals surface area contributed by atoms with Crippen molar-refractivity contribution in [1.82, 2.24) is 15.0 Å². The summed E-state index contributed by atoms with van der Waals surface area (Å²) >= 11 is 0. The maximum Gasteiger partial charge on any atom is 0.164 e. The lowest BCUT2D eigenvalue weighted by Crippen LogP contribution is -2.43. The first-order valence-electron chi connectivity index (χ1n) is 8.86. The van der Waals surface area contributed by atoms with E-state index in [2.05, 4.69) is 37.2 Å². The van der Waals surface area contributed by atoms with Crippen LogP contribution in [-0.2, 0) is 14.5 Å². The summed E-state index contributed by atoms with van der Waals surface area (Å²) in [5.41, 5.74) is 3.65. The molecule has 1 fully saturated rings. The number of rotatable bonds is 3. The number of H-pyrrole nitrogens is 1. The molecule has 142 valence electrons. The largest absolute Gasteiger partial charge is 0.377 e. The van der Waals surface area contributed by atoms with E-state index in [9.17, 15) is 4.21 Å². The van der Waals surface area contributed by atoms with Crippen LogP contribution in [0.2, 0.25) is 0 Å². The molecule has 0 radical (unpaired) electrons. The van der Waals surface area contributed by atoms with E-state index in [1.807, 2.05) is 24.5 Å². The van der Waals surface area contributed by atoms with Gasteiger partial charge in [0.15, 0.2) is 5.82 Å². The molecule has 3 aromatic heterocycles. The number of nitrogens with one attached hydrogen (secondary N) is 1. The van der Waals surface area contributed by atoms with Gasteiger partial charge in [0.2, 0.25) is 0 Å². The van der Waals surface area contributed by atoms with Crippen LogP contribution >= 0.6 is 0 Å². The molecule has 1 saturated heterocycles. The Labute approximate surface area is 159 Å². The monoisotopic (exact) mass is 385 g/mol. The van der Waals surface area contributed by atoms with Crippen molar-refractivity contribution in [3.05, 3.63) is 36.8 Å². The molecule has 4 rings (SSSR count). The Hall–Kier alpha value is -2.45. The predicted molar refractivity (Wildman–Crippen MR) is 109 cm³/mol. The summed E-state index contributed by atoms with van der Waals surface area (Å²) in [6.45, 7) is 4.29. The number of aromatic nitrogens is 3. The van der Waals surface area contributed by atoms with Crippen molar-refractivity contribution in [2.45, 2.75) is 13.0 Å². The van der Waals surface area contributed by atoms with Gasteiger partial charge in [-0.2, -0.15) is 4.36 Å². The van der Waals surface area contributed by atoms with Gasteiger partial charge in [-0.1, -0.05) is 0 Å². The zero-order chi connectivity index (χ0) is 19.0. The average Bonchev–Trinajstić information content (AvgIpc) is 3.09. The number of ether oxygens (including phenoxy) is 1. The molecule has 3 aromatic rings. The van der Waals surface area contributed by atoms with E-state index in [0.717, 1.165) is 34.4 Å². The number of nitrogens with zero attached hydrogens (tertiary/aromatic N) is 4. The molecule has 1 aliphatic heterocycles. The summed E-state index contributed by atoms with van der Waals surface area (Å²) in [5, 5.41) is 1.05. The first-order chi connectivity index (χ1) is 12.9. The van der Waals surface area contributed by atoms with Crippen LogP contribution in [0.4, 0.5) is 11.5 Å². The van der Waals surface area contributed by atoms with Crippen molar-refractivity contribution in [3.8, 4) is 11.3 Å². The highest BCUT2D eigenvalue weighted by atomic mass is 32.2. The second-order valence-electron chi connectivity index (χ2n) is 7.08. The highest BCUT2D eigenvalue weighted by Crippen LogP contribution is 2.32. The SMILES string of the molecule is C[C@@H]1COCCN1c1cc(N=S(C)(C)=O)nc(-c2cncc3[nH]ccc23)c1. The number of hydrogen-bond acceptors (Lipinski definition) is 6. The number of aromatic amines is 1. The van der Waals surface area contributed by atoms with Crippen LogP contribution in [0.5, 0.6) is 0 Å². The van der Waals surface area contributed by atoms with Crippen LogP contribution in [-0.4, -0.2) is 57.5 Å². The summed E-state index contributed by atoms with van der Waals surface area (Å²) in [4.78, 5) is 14.5. The van der Waals surface area contributed by atoms with E-state index < -0.39 is 9.73 Å². The van der Waals surface area contributed by atoms with Crippen LogP contribution in [0.1, 0.15) is 6.92 Å². The molecule has 0 spiro atoms. The van der Waals surface area contributed by atoms with Gasteiger partial charge in [0.1, 0.15) is 0 Å². The minimum absolute atomic E-state index is 0.246. The topological polar surface area (TPSA) is 83.5 Å². The number of fused-ring (bicyclic) bond motifs is 1. The summed E-state index contributed by atoms with van der Waals surface area (Å²) in [6.07, 6.45) is 8.73. The van der Waals surface area contributed by atoms with Crippen LogP contribution < -0.4 is 4.90 Å². The lowest BCUT2D eigenvalue weighted by molar-refractivity contribution is 0.0989. The van der Waals surface area contributed by atoms with Crippen molar-refractivity contribution < 1.29 is 8.95 Å². The fourth-order valence-corrected chi connectivity index (χ4v) is 3.92. The van der Waals surface area contributed by atoms with Gasteiger partial charge in [-0.3, -0.25) is 4.98 Å². The van der Waals surface area contributed by atoms with Crippen LogP contribution in [0.25, 0.3) is 22.2 Å². The molecule has 0 unspecified atom stereocenters. The number of pyridine rings is 2. The molecule has 0 saturated carbocycles. The Morgan fingerprint density at radius 2 is 2.19 bits per heavy atom. The fourth-order valence-electron chi connectivity index (χ4n) is 3.37. The number of anilines is 1.